The number of nitrogens with one attached hydrogen (secondary N) is 1. The topological polar surface area (TPSA) is 62.3 Å². The van der Waals surface area contributed by atoms with E-state index in [0.29, 0.717) is 23.8 Å². The van der Waals surface area contributed by atoms with Gasteiger partial charge >= 0.3 is 0 Å². The van der Waals surface area contributed by atoms with E-state index in [-0.39, 0.29) is 23.5 Å². The third-order valence-corrected chi connectivity index (χ3v) is 6.01. The fourth-order valence-corrected chi connectivity index (χ4v) is 4.27. The SMILES string of the molecule is Cc1ccc(-c2csc(NC(=O)C3CCCN(C(=O)c4ccc(F)cc4)C3)n2)cc1. The summed E-state index contributed by atoms with van der Waals surface area (Å²) in [6.07, 6.45) is 1.47. The summed E-state index contributed by atoms with van der Waals surface area (Å²) in [5, 5.41) is 5.38. The van der Waals surface area contributed by atoms with Crippen LogP contribution in [0.3, 0.4) is 0 Å². The minimum Gasteiger partial charge on any atom is -0.338 e. The Morgan fingerprint density at radius 2 is 1.87 bits per heavy atom. The Hall–Kier alpha value is -3.06. The van der Waals surface area contributed by atoms with Crippen LogP contribution in [0, 0.1) is 18.7 Å². The molecule has 1 fully saturated rings. The minimum absolute atomic E-state index is 0.128. The van der Waals surface area contributed by atoms with E-state index in [9.17, 15) is 14.0 Å². The second-order valence-electron chi connectivity index (χ2n) is 7.49. The predicted octanol–water partition coefficient (Wildman–Crippen LogP) is 4.75. The molecule has 1 aliphatic rings. The lowest BCUT2D eigenvalue weighted by Gasteiger charge is -2.32. The Kier molecular flexibility index (Phi) is 5.90. The molecule has 0 bridgehead atoms. The van der Waals surface area contributed by atoms with Crippen LogP contribution in [0.15, 0.2) is 53.9 Å². The standard InChI is InChI=1S/C23H22FN3O2S/c1-15-4-6-16(7-5-15)20-14-30-23(25-20)26-21(28)18-3-2-12-27(13-18)22(29)17-8-10-19(24)11-9-17/h4-11,14,18H,2-3,12-13H2,1H3,(H,25,26,28). The summed E-state index contributed by atoms with van der Waals surface area (Å²) in [4.78, 5) is 31.7. The number of carbonyl (C=O) groups excluding carboxylic acids is 2. The summed E-state index contributed by atoms with van der Waals surface area (Å²) in [5.41, 5.74) is 3.44. The van der Waals surface area contributed by atoms with Crippen LogP contribution in [0.1, 0.15) is 28.8 Å². The number of anilines is 1. The van der Waals surface area contributed by atoms with Crippen molar-refractivity contribution in [1.82, 2.24) is 9.88 Å². The molecule has 0 spiro atoms. The lowest BCUT2D eigenvalue weighted by molar-refractivity contribution is -0.121. The van der Waals surface area contributed by atoms with Crippen molar-refractivity contribution in [2.24, 2.45) is 5.92 Å². The van der Waals surface area contributed by atoms with Gasteiger partial charge in [-0.1, -0.05) is 29.8 Å². The smallest absolute Gasteiger partial charge is 0.253 e. The summed E-state index contributed by atoms with van der Waals surface area (Å²) in [5.74, 6) is -0.981. The van der Waals surface area contributed by atoms with Gasteiger partial charge in [-0.15, -0.1) is 11.3 Å². The second-order valence-corrected chi connectivity index (χ2v) is 8.35. The van der Waals surface area contributed by atoms with E-state index in [1.807, 2.05) is 36.6 Å². The number of thiazole rings is 1. The Balaban J connectivity index is 1.39. The van der Waals surface area contributed by atoms with Gasteiger partial charge in [-0.2, -0.15) is 0 Å². The highest BCUT2D eigenvalue weighted by atomic mass is 32.1. The van der Waals surface area contributed by atoms with E-state index < -0.39 is 0 Å². The molecule has 154 valence electrons. The number of hydrogen-bond donors (Lipinski definition) is 1. The maximum atomic E-state index is 13.1. The first kappa shape index (κ1) is 20.2. The van der Waals surface area contributed by atoms with Crippen LogP contribution in [0.25, 0.3) is 11.3 Å². The molecule has 1 aliphatic heterocycles. The molecule has 2 aromatic carbocycles. The average molecular weight is 424 g/mol. The van der Waals surface area contributed by atoms with Crippen molar-refractivity contribution in [3.05, 3.63) is 70.9 Å². The van der Waals surface area contributed by atoms with E-state index in [1.165, 1.54) is 41.2 Å². The van der Waals surface area contributed by atoms with E-state index in [1.54, 1.807) is 4.90 Å². The average Bonchev–Trinajstić information content (AvgIpc) is 3.23. The van der Waals surface area contributed by atoms with Crippen molar-refractivity contribution < 1.29 is 14.0 Å². The van der Waals surface area contributed by atoms with Gasteiger partial charge in [0.15, 0.2) is 5.13 Å². The number of piperidine rings is 1. The second kappa shape index (κ2) is 8.75. The maximum Gasteiger partial charge on any atom is 0.253 e. The Morgan fingerprint density at radius 1 is 1.13 bits per heavy atom. The molecular formula is C23H22FN3O2S. The van der Waals surface area contributed by atoms with Crippen molar-refractivity contribution >= 4 is 28.3 Å². The summed E-state index contributed by atoms with van der Waals surface area (Å²) in [7, 11) is 0. The first-order chi connectivity index (χ1) is 14.5. The molecule has 1 atom stereocenters. The van der Waals surface area contributed by atoms with E-state index in [4.69, 9.17) is 0 Å². The van der Waals surface area contributed by atoms with Gasteiger partial charge in [0.25, 0.3) is 5.91 Å². The van der Waals surface area contributed by atoms with Gasteiger partial charge in [0.05, 0.1) is 11.6 Å². The van der Waals surface area contributed by atoms with E-state index in [0.717, 1.165) is 24.1 Å². The van der Waals surface area contributed by atoms with Gasteiger partial charge in [-0.25, -0.2) is 9.37 Å². The number of hydrogen-bond acceptors (Lipinski definition) is 4. The summed E-state index contributed by atoms with van der Waals surface area (Å²) < 4.78 is 13.1. The highest BCUT2D eigenvalue weighted by molar-refractivity contribution is 7.14. The number of likely N-dealkylation sites (tertiary alicyclic amines) is 1. The first-order valence-electron chi connectivity index (χ1n) is 9.88. The van der Waals surface area contributed by atoms with Gasteiger partial charge in [0.2, 0.25) is 5.91 Å². The van der Waals surface area contributed by atoms with Crippen LogP contribution in [0.5, 0.6) is 0 Å². The molecule has 1 aromatic heterocycles. The van der Waals surface area contributed by atoms with Crippen LogP contribution in [-0.4, -0.2) is 34.8 Å². The number of carbonyl (C=O) groups is 2. The number of halogens is 1. The molecule has 3 aromatic rings. The normalized spacial score (nSPS) is 16.3. The third-order valence-electron chi connectivity index (χ3n) is 5.25. The summed E-state index contributed by atoms with van der Waals surface area (Å²) >= 11 is 1.39. The van der Waals surface area contributed by atoms with Crippen LogP contribution >= 0.6 is 11.3 Å². The molecule has 30 heavy (non-hydrogen) atoms. The number of amides is 2. The van der Waals surface area contributed by atoms with Crippen molar-refractivity contribution in [1.29, 1.82) is 0 Å². The largest absolute Gasteiger partial charge is 0.338 e. The monoisotopic (exact) mass is 423 g/mol. The molecule has 7 heteroatoms. The van der Waals surface area contributed by atoms with Crippen LogP contribution in [-0.2, 0) is 4.79 Å². The third kappa shape index (κ3) is 4.57. The van der Waals surface area contributed by atoms with Crippen LogP contribution < -0.4 is 5.32 Å². The predicted molar refractivity (Wildman–Crippen MR) is 116 cm³/mol. The zero-order chi connectivity index (χ0) is 21.1. The number of aryl methyl sites for hydroxylation is 1. The molecule has 0 aliphatic carbocycles. The Labute approximate surface area is 178 Å². The molecular weight excluding hydrogens is 401 g/mol. The molecule has 0 saturated carbocycles. The van der Waals surface area contributed by atoms with Gasteiger partial charge < -0.3 is 10.2 Å². The molecule has 1 N–H and O–H groups in total. The molecule has 1 saturated heterocycles. The molecule has 0 radical (unpaired) electrons. The molecule has 2 heterocycles. The van der Waals surface area contributed by atoms with Crippen LogP contribution in [0.2, 0.25) is 0 Å². The van der Waals surface area contributed by atoms with E-state index >= 15 is 0 Å². The van der Waals surface area contributed by atoms with Crippen molar-refractivity contribution in [3.63, 3.8) is 0 Å². The van der Waals surface area contributed by atoms with E-state index in [2.05, 4.69) is 10.3 Å². The van der Waals surface area contributed by atoms with Crippen LogP contribution in [0.4, 0.5) is 9.52 Å². The Morgan fingerprint density at radius 3 is 2.60 bits per heavy atom. The summed E-state index contributed by atoms with van der Waals surface area (Å²) in [6.45, 7) is 2.97. The quantitative estimate of drug-likeness (QED) is 0.659. The van der Waals surface area contributed by atoms with Crippen molar-refractivity contribution in [2.75, 3.05) is 18.4 Å². The lowest BCUT2D eigenvalue weighted by atomic mass is 9.96. The molecule has 4 rings (SSSR count). The molecule has 1 unspecified atom stereocenters. The van der Waals surface area contributed by atoms with Gasteiger partial charge in [-0.05, 0) is 44.0 Å². The number of nitrogens with zero attached hydrogens (tertiary/aromatic N) is 2. The van der Waals surface area contributed by atoms with Gasteiger partial charge in [0, 0.05) is 29.6 Å². The number of benzene rings is 2. The highest BCUT2D eigenvalue weighted by Gasteiger charge is 2.29. The number of rotatable bonds is 4. The minimum atomic E-state index is -0.379. The fraction of sp³-hybridized carbons (Fsp3) is 0.261. The molecule has 5 nitrogen and oxygen atoms in total. The Bertz CT molecular complexity index is 1050. The zero-order valence-corrected chi connectivity index (χ0v) is 17.4. The first-order valence-corrected chi connectivity index (χ1v) is 10.8. The summed E-state index contributed by atoms with van der Waals surface area (Å²) in [6, 6.07) is 13.6. The molecule has 2 amide bonds. The van der Waals surface area contributed by atoms with Crippen molar-refractivity contribution in [2.45, 2.75) is 19.8 Å². The van der Waals surface area contributed by atoms with Gasteiger partial charge in [-0.3, -0.25) is 9.59 Å². The lowest BCUT2D eigenvalue weighted by Crippen LogP contribution is -2.43. The van der Waals surface area contributed by atoms with Gasteiger partial charge in [0.1, 0.15) is 5.82 Å². The number of aromatic nitrogens is 1. The maximum absolute atomic E-state index is 13.1. The zero-order valence-electron chi connectivity index (χ0n) is 16.6. The van der Waals surface area contributed by atoms with Crippen molar-refractivity contribution in [3.8, 4) is 11.3 Å². The fourth-order valence-electron chi connectivity index (χ4n) is 3.55. The highest BCUT2D eigenvalue weighted by Crippen LogP contribution is 2.26.